The summed E-state index contributed by atoms with van der Waals surface area (Å²) in [5, 5.41) is 15.2. The molecule has 2 heterocycles. The van der Waals surface area contributed by atoms with Crippen molar-refractivity contribution >= 4 is 23.7 Å². The molecular weight excluding hydrogens is 519 g/mol. The Bertz CT molecular complexity index is 1240. The van der Waals surface area contributed by atoms with E-state index in [1.807, 2.05) is 0 Å². The van der Waals surface area contributed by atoms with E-state index in [4.69, 9.17) is 25.8 Å². The van der Waals surface area contributed by atoms with Crippen LogP contribution in [0.25, 0.3) is 11.4 Å². The van der Waals surface area contributed by atoms with Gasteiger partial charge in [0.05, 0.1) is 29.6 Å². The number of nitrogens with one attached hydrogen (secondary N) is 1. The molecule has 1 amide bonds. The molecule has 1 aromatic carbocycles. The zero-order valence-electron chi connectivity index (χ0n) is 22.0. The van der Waals surface area contributed by atoms with E-state index in [-0.39, 0.29) is 36.0 Å². The van der Waals surface area contributed by atoms with Gasteiger partial charge < -0.3 is 19.5 Å². The van der Waals surface area contributed by atoms with Gasteiger partial charge in [0, 0.05) is 18.3 Å². The molecule has 0 saturated heterocycles. The highest BCUT2D eigenvalue weighted by Gasteiger charge is 2.26. The van der Waals surface area contributed by atoms with Gasteiger partial charge in [-0.1, -0.05) is 11.6 Å². The van der Waals surface area contributed by atoms with Crippen LogP contribution in [0.2, 0.25) is 5.02 Å². The maximum Gasteiger partial charge on any atom is 0.407 e. The monoisotopic (exact) mass is 548 g/mol. The summed E-state index contributed by atoms with van der Waals surface area (Å²) in [6, 6.07) is 6.52. The molecule has 38 heavy (non-hydrogen) atoms. The van der Waals surface area contributed by atoms with Crippen LogP contribution in [0.1, 0.15) is 48.0 Å². The van der Waals surface area contributed by atoms with Gasteiger partial charge in [0.2, 0.25) is 11.7 Å². The summed E-state index contributed by atoms with van der Waals surface area (Å²) in [5.41, 5.74) is -1.36. The molecule has 2 aromatic heterocycles. The van der Waals surface area contributed by atoms with Gasteiger partial charge in [0.25, 0.3) is 0 Å². The summed E-state index contributed by atoms with van der Waals surface area (Å²) in [6.45, 7) is 10.3. The molecule has 0 saturated carbocycles. The van der Waals surface area contributed by atoms with E-state index in [1.54, 1.807) is 53.7 Å². The van der Waals surface area contributed by atoms with Crippen molar-refractivity contribution in [3.05, 3.63) is 47.4 Å². The van der Waals surface area contributed by atoms with Gasteiger partial charge in [-0.25, -0.2) is 14.2 Å². The van der Waals surface area contributed by atoms with Crippen LogP contribution in [0.3, 0.4) is 0 Å². The summed E-state index contributed by atoms with van der Waals surface area (Å²) in [6.07, 6.45) is 0.521. The zero-order chi connectivity index (χ0) is 28.1. The average Bonchev–Trinajstić information content (AvgIpc) is 3.20. The summed E-state index contributed by atoms with van der Waals surface area (Å²) >= 11 is 5.81. The molecule has 0 fully saturated rings. The van der Waals surface area contributed by atoms with Crippen LogP contribution in [0.4, 0.5) is 9.18 Å². The summed E-state index contributed by atoms with van der Waals surface area (Å²) < 4.78 is 31.1. The highest BCUT2D eigenvalue weighted by molar-refractivity contribution is 6.30. The van der Waals surface area contributed by atoms with Crippen LogP contribution < -0.4 is 10.1 Å². The van der Waals surface area contributed by atoms with E-state index in [1.165, 1.54) is 24.4 Å². The standard InChI is InChI=1S/C25H30ClFN6O5/c1-24(2,3)37-21(34)11-16(29-23(35)38-25(4,5)6)14-33-31-22(30-32-33)18-9-8-17(12-19(18)27)36-20-10-7-15(26)13-28-20/h7-10,12-13,16H,11,14H2,1-6H3,(H,29,35)/t16-/m0/s1. The second-order valence-electron chi connectivity index (χ2n) is 10.4. The first-order valence-corrected chi connectivity index (χ1v) is 12.1. The Morgan fingerprint density at radius 1 is 1.08 bits per heavy atom. The number of hydrogen-bond donors (Lipinski definition) is 1. The highest BCUT2D eigenvalue weighted by atomic mass is 35.5. The zero-order valence-corrected chi connectivity index (χ0v) is 22.7. The van der Waals surface area contributed by atoms with E-state index in [0.717, 1.165) is 4.80 Å². The van der Waals surface area contributed by atoms with E-state index in [9.17, 15) is 14.0 Å². The lowest BCUT2D eigenvalue weighted by molar-refractivity contribution is -0.155. The third-order valence-corrected chi connectivity index (χ3v) is 4.72. The molecule has 204 valence electrons. The average molecular weight is 549 g/mol. The van der Waals surface area contributed by atoms with Crippen molar-refractivity contribution in [2.24, 2.45) is 0 Å². The summed E-state index contributed by atoms with van der Waals surface area (Å²) in [7, 11) is 0. The smallest absolute Gasteiger partial charge is 0.407 e. The number of pyridine rings is 1. The van der Waals surface area contributed by atoms with Crippen molar-refractivity contribution in [3.8, 4) is 23.0 Å². The van der Waals surface area contributed by atoms with Crippen molar-refractivity contribution < 1.29 is 28.2 Å². The molecule has 3 rings (SSSR count). The lowest BCUT2D eigenvalue weighted by Crippen LogP contribution is -2.43. The Hall–Kier alpha value is -3.80. The number of rotatable bonds is 8. The van der Waals surface area contributed by atoms with Crippen molar-refractivity contribution in [3.63, 3.8) is 0 Å². The topological polar surface area (TPSA) is 130 Å². The Balaban J connectivity index is 1.73. The van der Waals surface area contributed by atoms with Gasteiger partial charge in [-0.2, -0.15) is 4.80 Å². The molecule has 0 bridgehead atoms. The number of ether oxygens (including phenoxy) is 3. The minimum Gasteiger partial charge on any atom is -0.460 e. The summed E-state index contributed by atoms with van der Waals surface area (Å²) in [4.78, 5) is 29.9. The van der Waals surface area contributed by atoms with Crippen molar-refractivity contribution in [1.82, 2.24) is 30.5 Å². The van der Waals surface area contributed by atoms with E-state index in [0.29, 0.717) is 5.02 Å². The highest BCUT2D eigenvalue weighted by Crippen LogP contribution is 2.26. The van der Waals surface area contributed by atoms with Crippen LogP contribution >= 0.6 is 11.6 Å². The van der Waals surface area contributed by atoms with Gasteiger partial charge in [0.1, 0.15) is 22.8 Å². The number of carbonyl (C=O) groups excluding carboxylic acids is 2. The van der Waals surface area contributed by atoms with Gasteiger partial charge in [-0.3, -0.25) is 4.79 Å². The third kappa shape index (κ3) is 9.25. The Morgan fingerprint density at radius 3 is 2.39 bits per heavy atom. The number of carbonyl (C=O) groups is 2. The van der Waals surface area contributed by atoms with Crippen molar-refractivity contribution in [2.45, 2.75) is 71.8 Å². The molecule has 0 aliphatic carbocycles. The number of alkyl carbamates (subject to hydrolysis) is 1. The molecular formula is C25H30ClFN6O5. The molecule has 13 heteroatoms. The Kier molecular flexibility index (Phi) is 8.87. The molecule has 0 spiro atoms. The molecule has 0 aliphatic rings. The second-order valence-corrected chi connectivity index (χ2v) is 10.8. The quantitative estimate of drug-likeness (QED) is 0.388. The molecule has 0 unspecified atom stereocenters. The number of esters is 1. The van der Waals surface area contributed by atoms with Crippen molar-refractivity contribution in [2.75, 3.05) is 0 Å². The first-order valence-electron chi connectivity index (χ1n) is 11.8. The molecule has 1 N–H and O–H groups in total. The van der Waals surface area contributed by atoms with Crippen LogP contribution in [-0.2, 0) is 20.8 Å². The number of amides is 1. The van der Waals surface area contributed by atoms with Gasteiger partial charge in [-0.15, -0.1) is 10.2 Å². The van der Waals surface area contributed by atoms with E-state index >= 15 is 0 Å². The molecule has 0 aliphatic heterocycles. The first-order chi connectivity index (χ1) is 17.7. The maximum atomic E-state index is 14.9. The molecule has 0 radical (unpaired) electrons. The second kappa shape index (κ2) is 11.7. The predicted molar refractivity (Wildman–Crippen MR) is 136 cm³/mol. The number of nitrogens with zero attached hydrogens (tertiary/aromatic N) is 5. The van der Waals surface area contributed by atoms with E-state index < -0.39 is 35.1 Å². The molecule has 3 aromatic rings. The SMILES string of the molecule is CC(C)(C)OC(=O)C[C@@H](Cn1nnc(-c2ccc(Oc3ccc(Cl)cn3)cc2F)n1)NC(=O)OC(C)(C)C. The van der Waals surface area contributed by atoms with Gasteiger partial charge >= 0.3 is 12.1 Å². The molecule has 11 nitrogen and oxygen atoms in total. The lowest BCUT2D eigenvalue weighted by atomic mass is 10.1. The predicted octanol–water partition coefficient (Wildman–Crippen LogP) is 4.95. The lowest BCUT2D eigenvalue weighted by Gasteiger charge is -2.24. The maximum absolute atomic E-state index is 14.9. The van der Waals surface area contributed by atoms with Crippen LogP contribution in [0.15, 0.2) is 36.5 Å². The normalized spacial score (nSPS) is 12.5. The van der Waals surface area contributed by atoms with Crippen LogP contribution in [0, 0.1) is 5.82 Å². The number of halogens is 2. The summed E-state index contributed by atoms with van der Waals surface area (Å²) in [5.74, 6) is -0.706. The Morgan fingerprint density at radius 2 is 1.79 bits per heavy atom. The van der Waals surface area contributed by atoms with E-state index in [2.05, 4.69) is 25.7 Å². The largest absolute Gasteiger partial charge is 0.460 e. The van der Waals surface area contributed by atoms with Crippen LogP contribution in [0.5, 0.6) is 11.6 Å². The third-order valence-electron chi connectivity index (χ3n) is 4.49. The van der Waals surface area contributed by atoms with Crippen LogP contribution in [-0.4, -0.2) is 54.5 Å². The fraction of sp³-hybridized carbons (Fsp3) is 0.440. The van der Waals surface area contributed by atoms with Gasteiger partial charge in [0.15, 0.2) is 0 Å². The number of hydrogen-bond acceptors (Lipinski definition) is 9. The Labute approximate surface area is 224 Å². The fourth-order valence-corrected chi connectivity index (χ4v) is 3.24. The van der Waals surface area contributed by atoms with Gasteiger partial charge in [-0.05, 0) is 65.0 Å². The number of tetrazole rings is 1. The molecule has 1 atom stereocenters. The minimum atomic E-state index is -0.783. The first kappa shape index (κ1) is 28.8. The number of benzene rings is 1. The fourth-order valence-electron chi connectivity index (χ4n) is 3.13. The van der Waals surface area contributed by atoms with Crippen molar-refractivity contribution in [1.29, 1.82) is 0 Å². The number of aromatic nitrogens is 5. The minimum absolute atomic E-state index is 0.00644.